The smallest absolute Gasteiger partial charge is 0.156 e. The molecule has 2 aromatic heterocycles. The normalized spacial score (nSPS) is 12.0. The number of nitrogens with one attached hydrogen (secondary N) is 1. The molecule has 1 N–H and O–H groups in total. The third-order valence-electron chi connectivity index (χ3n) is 5.91. The molecule has 0 aliphatic carbocycles. The van der Waals surface area contributed by atoms with E-state index in [0.717, 1.165) is 54.8 Å². The van der Waals surface area contributed by atoms with E-state index in [1.165, 1.54) is 10.9 Å². The number of imidazole rings is 1. The van der Waals surface area contributed by atoms with Crippen LogP contribution in [0.1, 0.15) is 68.6 Å². The van der Waals surface area contributed by atoms with Crippen molar-refractivity contribution in [3.05, 3.63) is 90.3 Å². The Hall–Kier alpha value is -3.47. The van der Waals surface area contributed by atoms with Crippen molar-refractivity contribution < 1.29 is 9.53 Å². The number of fused-ring (bicyclic) bond motifs is 1. The molecule has 0 bridgehead atoms. The molecular formula is C28H31N3O2. The maximum atomic E-state index is 11.6. The standard InChI is InChI=1S/C28H31N3O2/c1-2-25(32)10-4-3-5-11-27(33-26-13-12-22-8-6-7-9-23(22)19-26)28-30-20-24(31-28)18-21-14-16-29-17-15-21/h6-9,12-17,19-20,27H,2-5,10-11,18H2,1H3,(H,30,31). The van der Waals surface area contributed by atoms with Crippen LogP contribution in [0, 0.1) is 0 Å². The van der Waals surface area contributed by atoms with E-state index in [0.29, 0.717) is 18.6 Å². The molecule has 0 radical (unpaired) electrons. The number of H-pyrrole nitrogens is 1. The molecule has 1 atom stereocenters. The Morgan fingerprint density at radius 2 is 1.82 bits per heavy atom. The van der Waals surface area contributed by atoms with E-state index in [-0.39, 0.29) is 6.10 Å². The van der Waals surface area contributed by atoms with Gasteiger partial charge in [0.2, 0.25) is 0 Å². The number of unbranched alkanes of at least 4 members (excludes halogenated alkanes) is 2. The monoisotopic (exact) mass is 441 g/mol. The first-order chi connectivity index (χ1) is 16.2. The number of carbonyl (C=O) groups excluding carboxylic acids is 1. The van der Waals surface area contributed by atoms with E-state index >= 15 is 0 Å². The first kappa shape index (κ1) is 22.7. The SMILES string of the molecule is CCC(=O)CCCCCC(Oc1ccc2ccccc2c1)c1ncc(Cc2ccncc2)[nH]1. The van der Waals surface area contributed by atoms with Gasteiger partial charge in [-0.25, -0.2) is 4.98 Å². The van der Waals surface area contributed by atoms with Gasteiger partial charge in [-0.3, -0.25) is 9.78 Å². The Kier molecular flexibility index (Phi) is 7.85. The number of Topliss-reactive ketones (excluding diaryl/α,β-unsaturated/α-hetero) is 1. The maximum Gasteiger partial charge on any atom is 0.156 e. The first-order valence-electron chi connectivity index (χ1n) is 11.8. The van der Waals surface area contributed by atoms with Crippen LogP contribution in [0.25, 0.3) is 10.8 Å². The van der Waals surface area contributed by atoms with Crippen LogP contribution in [0.4, 0.5) is 0 Å². The van der Waals surface area contributed by atoms with Crippen LogP contribution < -0.4 is 4.74 Å². The molecule has 0 fully saturated rings. The molecule has 0 saturated carbocycles. The Labute approximate surface area is 195 Å². The molecule has 33 heavy (non-hydrogen) atoms. The predicted molar refractivity (Wildman–Crippen MR) is 131 cm³/mol. The van der Waals surface area contributed by atoms with Gasteiger partial charge in [0.05, 0.1) is 0 Å². The number of ether oxygens (including phenoxy) is 1. The lowest BCUT2D eigenvalue weighted by Crippen LogP contribution is -2.10. The average Bonchev–Trinajstić information content (AvgIpc) is 3.31. The molecule has 5 nitrogen and oxygen atoms in total. The van der Waals surface area contributed by atoms with Gasteiger partial charge in [-0.2, -0.15) is 0 Å². The number of rotatable bonds is 12. The molecule has 170 valence electrons. The highest BCUT2D eigenvalue weighted by atomic mass is 16.5. The molecular weight excluding hydrogens is 410 g/mol. The second-order valence-electron chi connectivity index (χ2n) is 8.43. The van der Waals surface area contributed by atoms with Gasteiger partial charge in [0, 0.05) is 43.5 Å². The second kappa shape index (κ2) is 11.4. The highest BCUT2D eigenvalue weighted by Gasteiger charge is 2.18. The van der Waals surface area contributed by atoms with Crippen molar-refractivity contribution in [2.24, 2.45) is 0 Å². The number of nitrogens with zero attached hydrogens (tertiary/aromatic N) is 2. The van der Waals surface area contributed by atoms with Gasteiger partial charge in [-0.1, -0.05) is 43.7 Å². The van der Waals surface area contributed by atoms with Crippen LogP contribution in [0.2, 0.25) is 0 Å². The lowest BCUT2D eigenvalue weighted by atomic mass is 10.1. The van der Waals surface area contributed by atoms with E-state index in [9.17, 15) is 4.79 Å². The number of hydrogen-bond acceptors (Lipinski definition) is 4. The van der Waals surface area contributed by atoms with Crippen molar-refractivity contribution in [1.29, 1.82) is 0 Å². The van der Waals surface area contributed by atoms with Crippen molar-refractivity contribution in [2.45, 2.75) is 58.0 Å². The summed E-state index contributed by atoms with van der Waals surface area (Å²) in [5, 5.41) is 2.35. The molecule has 0 aliphatic rings. The largest absolute Gasteiger partial charge is 0.483 e. The van der Waals surface area contributed by atoms with Crippen molar-refractivity contribution in [2.75, 3.05) is 0 Å². The van der Waals surface area contributed by atoms with Crippen LogP contribution in [-0.2, 0) is 11.2 Å². The minimum atomic E-state index is -0.167. The third-order valence-corrected chi connectivity index (χ3v) is 5.91. The summed E-state index contributed by atoms with van der Waals surface area (Å²) in [5.74, 6) is 2.02. The molecule has 2 aromatic carbocycles. The number of benzene rings is 2. The maximum absolute atomic E-state index is 11.6. The van der Waals surface area contributed by atoms with E-state index in [4.69, 9.17) is 4.74 Å². The zero-order valence-corrected chi connectivity index (χ0v) is 19.2. The predicted octanol–water partition coefficient (Wildman–Crippen LogP) is 6.60. The summed E-state index contributed by atoms with van der Waals surface area (Å²) >= 11 is 0. The Morgan fingerprint density at radius 3 is 2.64 bits per heavy atom. The van der Waals surface area contributed by atoms with Crippen LogP contribution in [0.5, 0.6) is 5.75 Å². The summed E-state index contributed by atoms with van der Waals surface area (Å²) in [7, 11) is 0. The van der Waals surface area contributed by atoms with E-state index in [1.54, 1.807) is 0 Å². The van der Waals surface area contributed by atoms with Gasteiger partial charge in [0.15, 0.2) is 6.10 Å². The van der Waals surface area contributed by atoms with Gasteiger partial charge in [0.25, 0.3) is 0 Å². The molecule has 0 spiro atoms. The molecule has 0 saturated heterocycles. The second-order valence-corrected chi connectivity index (χ2v) is 8.43. The quantitative estimate of drug-likeness (QED) is 0.252. The number of aromatic amines is 1. The van der Waals surface area contributed by atoms with Gasteiger partial charge in [-0.05, 0) is 59.9 Å². The van der Waals surface area contributed by atoms with E-state index < -0.39 is 0 Å². The number of ketones is 1. The topological polar surface area (TPSA) is 67.9 Å². The molecule has 2 heterocycles. The number of hydrogen-bond donors (Lipinski definition) is 1. The van der Waals surface area contributed by atoms with Crippen LogP contribution in [0.15, 0.2) is 73.2 Å². The van der Waals surface area contributed by atoms with Crippen molar-refractivity contribution >= 4 is 16.6 Å². The minimum Gasteiger partial charge on any atom is -0.483 e. The number of pyridine rings is 1. The molecule has 4 aromatic rings. The molecule has 5 heteroatoms. The number of aromatic nitrogens is 3. The fourth-order valence-electron chi connectivity index (χ4n) is 4.01. The zero-order chi connectivity index (χ0) is 22.9. The van der Waals surface area contributed by atoms with Crippen LogP contribution >= 0.6 is 0 Å². The highest BCUT2D eigenvalue weighted by Crippen LogP contribution is 2.28. The first-order valence-corrected chi connectivity index (χ1v) is 11.8. The van der Waals surface area contributed by atoms with Crippen molar-refractivity contribution in [3.8, 4) is 5.75 Å². The van der Waals surface area contributed by atoms with Gasteiger partial charge < -0.3 is 9.72 Å². The van der Waals surface area contributed by atoms with Crippen LogP contribution in [-0.4, -0.2) is 20.7 Å². The molecule has 0 aliphatic heterocycles. The Morgan fingerprint density at radius 1 is 1.00 bits per heavy atom. The Balaban J connectivity index is 1.46. The molecule has 4 rings (SSSR count). The lowest BCUT2D eigenvalue weighted by molar-refractivity contribution is -0.118. The summed E-state index contributed by atoms with van der Waals surface area (Å²) in [6.45, 7) is 1.93. The molecule has 0 amide bonds. The minimum absolute atomic E-state index is 0.167. The van der Waals surface area contributed by atoms with Crippen molar-refractivity contribution in [3.63, 3.8) is 0 Å². The summed E-state index contributed by atoms with van der Waals surface area (Å²) in [4.78, 5) is 23.8. The summed E-state index contributed by atoms with van der Waals surface area (Å²) in [6, 6.07) is 18.5. The molecule has 1 unspecified atom stereocenters. The third kappa shape index (κ3) is 6.51. The lowest BCUT2D eigenvalue weighted by Gasteiger charge is -2.18. The van der Waals surface area contributed by atoms with Gasteiger partial charge in [-0.15, -0.1) is 0 Å². The van der Waals surface area contributed by atoms with E-state index in [1.807, 2.05) is 55.8 Å². The van der Waals surface area contributed by atoms with Crippen molar-refractivity contribution in [1.82, 2.24) is 15.0 Å². The van der Waals surface area contributed by atoms with E-state index in [2.05, 4.69) is 39.2 Å². The van der Waals surface area contributed by atoms with Gasteiger partial charge in [0.1, 0.15) is 17.4 Å². The Bertz CT molecular complexity index is 1170. The summed E-state index contributed by atoms with van der Waals surface area (Å²) < 4.78 is 6.45. The fraction of sp³-hybridized carbons (Fsp3) is 0.321. The highest BCUT2D eigenvalue weighted by molar-refractivity contribution is 5.83. The number of carbonyl (C=O) groups is 1. The average molecular weight is 442 g/mol. The fourth-order valence-corrected chi connectivity index (χ4v) is 4.01. The summed E-state index contributed by atoms with van der Waals surface area (Å²) in [6.07, 6.45) is 11.2. The summed E-state index contributed by atoms with van der Waals surface area (Å²) in [5.41, 5.74) is 2.24. The van der Waals surface area contributed by atoms with Gasteiger partial charge >= 0.3 is 0 Å². The van der Waals surface area contributed by atoms with Crippen LogP contribution in [0.3, 0.4) is 0 Å². The zero-order valence-electron chi connectivity index (χ0n) is 19.2.